The zero-order chi connectivity index (χ0) is 16.3. The molecule has 2 heterocycles. The van der Waals surface area contributed by atoms with E-state index in [0.29, 0.717) is 29.0 Å². The van der Waals surface area contributed by atoms with Crippen LogP contribution in [-0.2, 0) is 16.6 Å². The van der Waals surface area contributed by atoms with Crippen LogP contribution in [0.2, 0.25) is 0 Å². The number of nitrogens with one attached hydrogen (secondary N) is 1. The zero-order valence-electron chi connectivity index (χ0n) is 13.3. The Morgan fingerprint density at radius 3 is 2.77 bits per heavy atom. The number of nitrogens with zero attached hydrogens (tertiary/aromatic N) is 4. The molecule has 0 radical (unpaired) electrons. The van der Waals surface area contributed by atoms with Gasteiger partial charge in [-0.05, 0) is 20.3 Å². The topological polar surface area (TPSA) is 80.1 Å². The Kier molecular flexibility index (Phi) is 5.23. The molecule has 120 valence electrons. The second kappa shape index (κ2) is 6.95. The van der Waals surface area contributed by atoms with Crippen molar-refractivity contribution in [3.05, 3.63) is 17.5 Å². The summed E-state index contributed by atoms with van der Waals surface area (Å²) in [7, 11) is 1.78. The molecule has 0 saturated carbocycles. The zero-order valence-corrected chi connectivity index (χ0v) is 14.1. The van der Waals surface area contributed by atoms with E-state index in [2.05, 4.69) is 15.5 Å². The monoisotopic (exact) mass is 323 g/mol. The van der Waals surface area contributed by atoms with Gasteiger partial charge in [-0.2, -0.15) is 0 Å². The van der Waals surface area contributed by atoms with E-state index in [1.165, 1.54) is 0 Å². The number of allylic oxidation sites excluding steroid dienone is 1. The minimum absolute atomic E-state index is 0.0823. The van der Waals surface area contributed by atoms with Crippen LogP contribution in [0.1, 0.15) is 26.1 Å². The third-order valence-corrected chi connectivity index (χ3v) is 4.63. The fourth-order valence-corrected chi connectivity index (χ4v) is 3.34. The second-order valence-corrected chi connectivity index (χ2v) is 6.20. The van der Waals surface area contributed by atoms with Gasteiger partial charge in [0.05, 0.1) is 5.88 Å². The van der Waals surface area contributed by atoms with Crippen molar-refractivity contribution in [1.29, 1.82) is 0 Å². The fourth-order valence-electron chi connectivity index (χ4n) is 2.19. The molecule has 7 nitrogen and oxygen atoms in total. The minimum Gasteiger partial charge on any atom is -0.317 e. The number of aromatic nitrogens is 3. The van der Waals surface area contributed by atoms with Crippen LogP contribution >= 0.6 is 11.8 Å². The molecule has 2 rings (SSSR count). The fraction of sp³-hybridized carbons (Fsp3) is 0.571. The molecule has 1 aromatic rings. The maximum Gasteiger partial charge on any atom is 0.250 e. The van der Waals surface area contributed by atoms with Gasteiger partial charge in [0, 0.05) is 18.4 Å². The smallest absolute Gasteiger partial charge is 0.250 e. The van der Waals surface area contributed by atoms with Crippen LogP contribution < -0.4 is 5.32 Å². The number of carbonyl (C=O) groups excluding carboxylic acids is 2. The van der Waals surface area contributed by atoms with Gasteiger partial charge in [-0.15, -0.1) is 22.0 Å². The lowest BCUT2D eigenvalue weighted by atomic mass is 10.2. The van der Waals surface area contributed by atoms with Crippen molar-refractivity contribution >= 4 is 29.5 Å². The summed E-state index contributed by atoms with van der Waals surface area (Å²) in [6.07, 6.45) is 2.68. The van der Waals surface area contributed by atoms with E-state index in [0.717, 1.165) is 6.42 Å². The van der Waals surface area contributed by atoms with Crippen molar-refractivity contribution in [2.75, 3.05) is 16.9 Å². The van der Waals surface area contributed by atoms with Gasteiger partial charge in [0.2, 0.25) is 11.9 Å². The highest BCUT2D eigenvalue weighted by atomic mass is 32.2. The SMILES string of the molecule is CC/C=C(\C)C(=O)N1CSCC1C(=O)Nc1nnc(C)n1C. The number of thioether (sulfide) groups is 1. The first-order chi connectivity index (χ1) is 10.5. The molecule has 1 aliphatic heterocycles. The first-order valence-electron chi connectivity index (χ1n) is 7.18. The van der Waals surface area contributed by atoms with Crippen molar-refractivity contribution < 1.29 is 9.59 Å². The summed E-state index contributed by atoms with van der Waals surface area (Å²) in [5.41, 5.74) is 0.678. The minimum atomic E-state index is -0.477. The molecule has 1 unspecified atom stereocenters. The summed E-state index contributed by atoms with van der Waals surface area (Å²) in [6.45, 7) is 5.58. The average Bonchev–Trinajstić information content (AvgIpc) is 3.09. The summed E-state index contributed by atoms with van der Waals surface area (Å²) >= 11 is 1.58. The second-order valence-electron chi connectivity index (χ2n) is 5.21. The van der Waals surface area contributed by atoms with Gasteiger partial charge in [-0.25, -0.2) is 0 Å². The molecule has 0 aliphatic carbocycles. The molecule has 1 atom stereocenters. The number of anilines is 1. The van der Waals surface area contributed by atoms with E-state index in [9.17, 15) is 9.59 Å². The standard InChI is InChI=1S/C14H21N5O2S/c1-5-6-9(2)13(21)19-8-22-7-11(19)12(20)15-14-17-16-10(3)18(14)4/h6,11H,5,7-8H2,1-4H3,(H,15,17,20)/b9-6+. The van der Waals surface area contributed by atoms with Crippen molar-refractivity contribution in [2.45, 2.75) is 33.2 Å². The molecule has 1 aliphatic rings. The van der Waals surface area contributed by atoms with Gasteiger partial charge in [0.1, 0.15) is 11.9 Å². The Labute approximate surface area is 134 Å². The third kappa shape index (κ3) is 3.32. The molecule has 22 heavy (non-hydrogen) atoms. The first kappa shape index (κ1) is 16.5. The highest BCUT2D eigenvalue weighted by Gasteiger charge is 2.35. The Morgan fingerprint density at radius 2 is 2.18 bits per heavy atom. The van der Waals surface area contributed by atoms with Gasteiger partial charge >= 0.3 is 0 Å². The molecular weight excluding hydrogens is 302 g/mol. The summed E-state index contributed by atoms with van der Waals surface area (Å²) in [4.78, 5) is 26.5. The molecule has 1 fully saturated rings. The van der Waals surface area contributed by atoms with E-state index >= 15 is 0 Å². The van der Waals surface area contributed by atoms with Crippen molar-refractivity contribution in [3.63, 3.8) is 0 Å². The molecule has 1 aromatic heterocycles. The van der Waals surface area contributed by atoms with Gasteiger partial charge < -0.3 is 9.47 Å². The van der Waals surface area contributed by atoms with Crippen LogP contribution in [0.15, 0.2) is 11.6 Å². The van der Waals surface area contributed by atoms with Crippen molar-refractivity contribution in [3.8, 4) is 0 Å². The molecule has 0 spiro atoms. The maximum absolute atomic E-state index is 12.5. The Hall–Kier alpha value is -1.83. The third-order valence-electron chi connectivity index (χ3n) is 3.62. The van der Waals surface area contributed by atoms with Crippen LogP contribution in [0.5, 0.6) is 0 Å². The summed E-state index contributed by atoms with van der Waals surface area (Å²) in [5.74, 6) is 1.93. The number of hydrogen-bond acceptors (Lipinski definition) is 5. The van der Waals surface area contributed by atoms with Crippen molar-refractivity contribution in [1.82, 2.24) is 19.7 Å². The van der Waals surface area contributed by atoms with Gasteiger partial charge in [0.25, 0.3) is 5.91 Å². The number of amides is 2. The summed E-state index contributed by atoms with van der Waals surface area (Å²) < 4.78 is 1.70. The first-order valence-corrected chi connectivity index (χ1v) is 8.33. The lowest BCUT2D eigenvalue weighted by molar-refractivity contribution is -0.133. The van der Waals surface area contributed by atoms with E-state index in [1.807, 2.05) is 19.9 Å². The average molecular weight is 323 g/mol. The lowest BCUT2D eigenvalue weighted by Gasteiger charge is -2.23. The molecule has 1 N–H and O–H groups in total. The van der Waals surface area contributed by atoms with E-state index in [4.69, 9.17) is 0 Å². The van der Waals surface area contributed by atoms with Gasteiger partial charge in [-0.3, -0.25) is 14.9 Å². The van der Waals surface area contributed by atoms with E-state index in [1.54, 1.807) is 35.2 Å². The highest BCUT2D eigenvalue weighted by Crippen LogP contribution is 2.24. The van der Waals surface area contributed by atoms with Crippen molar-refractivity contribution in [2.24, 2.45) is 7.05 Å². The summed E-state index contributed by atoms with van der Waals surface area (Å²) in [5, 5.41) is 10.6. The number of hydrogen-bond donors (Lipinski definition) is 1. The predicted molar refractivity (Wildman–Crippen MR) is 86.4 cm³/mol. The number of carbonyl (C=O) groups is 2. The highest BCUT2D eigenvalue weighted by molar-refractivity contribution is 7.99. The van der Waals surface area contributed by atoms with Crippen LogP contribution in [0.3, 0.4) is 0 Å². The van der Waals surface area contributed by atoms with Gasteiger partial charge in [0.15, 0.2) is 0 Å². The molecular formula is C14H21N5O2S. The van der Waals surface area contributed by atoms with Crippen LogP contribution in [0, 0.1) is 6.92 Å². The van der Waals surface area contributed by atoms with Crippen LogP contribution in [0.4, 0.5) is 5.95 Å². The summed E-state index contributed by atoms with van der Waals surface area (Å²) in [6, 6.07) is -0.477. The molecule has 1 saturated heterocycles. The quantitative estimate of drug-likeness (QED) is 0.845. The maximum atomic E-state index is 12.5. The Bertz CT molecular complexity index is 610. The molecule has 8 heteroatoms. The largest absolute Gasteiger partial charge is 0.317 e. The van der Waals surface area contributed by atoms with E-state index < -0.39 is 6.04 Å². The number of aryl methyl sites for hydroxylation is 1. The lowest BCUT2D eigenvalue weighted by Crippen LogP contribution is -2.45. The number of rotatable bonds is 4. The Balaban J connectivity index is 2.10. The molecule has 0 bridgehead atoms. The van der Waals surface area contributed by atoms with Crippen LogP contribution in [0.25, 0.3) is 0 Å². The van der Waals surface area contributed by atoms with Gasteiger partial charge in [-0.1, -0.05) is 13.0 Å². The normalized spacial score (nSPS) is 18.6. The van der Waals surface area contributed by atoms with E-state index in [-0.39, 0.29) is 11.8 Å². The predicted octanol–water partition coefficient (Wildman–Crippen LogP) is 1.32. The molecule has 0 aromatic carbocycles. The van der Waals surface area contributed by atoms with Crippen LogP contribution in [-0.4, -0.2) is 49.2 Å². The Morgan fingerprint density at radius 1 is 1.45 bits per heavy atom. The molecule has 2 amide bonds.